The summed E-state index contributed by atoms with van der Waals surface area (Å²) < 4.78 is 20.3. The van der Waals surface area contributed by atoms with Gasteiger partial charge in [0.05, 0.1) is 12.2 Å². The number of hydrogen-bond donors (Lipinski definition) is 1. The van der Waals surface area contributed by atoms with Gasteiger partial charge in [-0.2, -0.15) is 0 Å². The highest BCUT2D eigenvalue weighted by Crippen LogP contribution is 2.23. The van der Waals surface area contributed by atoms with Crippen LogP contribution in [0.2, 0.25) is 0 Å². The number of rotatable bonds is 5. The number of likely N-dealkylation sites (tertiary alicyclic amines) is 1. The van der Waals surface area contributed by atoms with Crippen LogP contribution in [0.3, 0.4) is 0 Å². The Kier molecular flexibility index (Phi) is 6.05. The van der Waals surface area contributed by atoms with Crippen LogP contribution in [-0.2, 0) is 0 Å². The number of carbonyl (C=O) groups excluding carboxylic acids is 2. The molecule has 2 amide bonds. The van der Waals surface area contributed by atoms with E-state index in [0.29, 0.717) is 29.9 Å². The fourth-order valence-electron chi connectivity index (χ4n) is 2.99. The molecule has 0 radical (unpaired) electrons. The largest absolute Gasteiger partial charge is 0.493 e. The number of pyridine rings is 1. The second kappa shape index (κ2) is 8.47. The number of halogens is 2. The van der Waals surface area contributed by atoms with E-state index in [1.165, 1.54) is 24.4 Å². The SMILES string of the molecule is NC(=O)c1cc(OCC2CCN(C(=O)c3ccc(Br)cc3F)CC2)ccn1. The molecule has 1 saturated heterocycles. The third-order valence-corrected chi connectivity index (χ3v) is 5.03. The second-order valence-electron chi connectivity index (χ2n) is 6.41. The summed E-state index contributed by atoms with van der Waals surface area (Å²) in [4.78, 5) is 29.2. The zero-order valence-corrected chi connectivity index (χ0v) is 16.1. The average molecular weight is 436 g/mol. The molecule has 1 aromatic heterocycles. The summed E-state index contributed by atoms with van der Waals surface area (Å²) in [5.74, 6) is -0.613. The van der Waals surface area contributed by atoms with Gasteiger partial charge in [0.1, 0.15) is 17.3 Å². The predicted octanol–water partition coefficient (Wildman–Crippen LogP) is 3.01. The molecule has 0 aliphatic carbocycles. The van der Waals surface area contributed by atoms with Gasteiger partial charge >= 0.3 is 0 Å². The van der Waals surface area contributed by atoms with Crippen LogP contribution in [0, 0.1) is 11.7 Å². The Morgan fingerprint density at radius 3 is 2.67 bits per heavy atom. The summed E-state index contributed by atoms with van der Waals surface area (Å²) in [5, 5.41) is 0. The number of carbonyl (C=O) groups is 2. The quantitative estimate of drug-likeness (QED) is 0.781. The number of amides is 2. The van der Waals surface area contributed by atoms with E-state index in [4.69, 9.17) is 10.5 Å². The van der Waals surface area contributed by atoms with Crippen LogP contribution in [0.5, 0.6) is 5.75 Å². The summed E-state index contributed by atoms with van der Waals surface area (Å²) >= 11 is 3.19. The van der Waals surface area contributed by atoms with Crippen molar-refractivity contribution >= 4 is 27.7 Å². The summed E-state index contributed by atoms with van der Waals surface area (Å²) in [7, 11) is 0. The van der Waals surface area contributed by atoms with E-state index in [-0.39, 0.29) is 23.1 Å². The number of hydrogen-bond acceptors (Lipinski definition) is 4. The number of aromatic nitrogens is 1. The van der Waals surface area contributed by atoms with Crippen molar-refractivity contribution in [2.75, 3.05) is 19.7 Å². The van der Waals surface area contributed by atoms with E-state index in [9.17, 15) is 14.0 Å². The van der Waals surface area contributed by atoms with Crippen molar-refractivity contribution in [2.45, 2.75) is 12.8 Å². The van der Waals surface area contributed by atoms with Gasteiger partial charge in [-0.1, -0.05) is 15.9 Å². The van der Waals surface area contributed by atoms with Crippen molar-refractivity contribution in [3.63, 3.8) is 0 Å². The Morgan fingerprint density at radius 1 is 1.26 bits per heavy atom. The minimum Gasteiger partial charge on any atom is -0.493 e. The molecule has 1 aliphatic heterocycles. The van der Waals surface area contributed by atoms with Gasteiger partial charge in [-0.3, -0.25) is 14.6 Å². The first-order chi connectivity index (χ1) is 12.9. The lowest BCUT2D eigenvalue weighted by Gasteiger charge is -2.32. The Bertz CT molecular complexity index is 854. The Hall–Kier alpha value is -2.48. The highest BCUT2D eigenvalue weighted by atomic mass is 79.9. The lowest BCUT2D eigenvalue weighted by Crippen LogP contribution is -2.40. The van der Waals surface area contributed by atoms with Crippen molar-refractivity contribution in [2.24, 2.45) is 11.7 Å². The Morgan fingerprint density at radius 2 is 2.00 bits per heavy atom. The molecule has 6 nitrogen and oxygen atoms in total. The molecule has 1 aliphatic rings. The topological polar surface area (TPSA) is 85.5 Å². The molecule has 3 rings (SSSR count). The molecule has 142 valence electrons. The molecular weight excluding hydrogens is 417 g/mol. The van der Waals surface area contributed by atoms with Crippen molar-refractivity contribution in [3.05, 3.63) is 58.1 Å². The van der Waals surface area contributed by atoms with Crippen molar-refractivity contribution < 1.29 is 18.7 Å². The third kappa shape index (κ3) is 4.82. The van der Waals surface area contributed by atoms with Crippen molar-refractivity contribution in [1.29, 1.82) is 0 Å². The number of nitrogens with zero attached hydrogens (tertiary/aromatic N) is 2. The van der Waals surface area contributed by atoms with Gasteiger partial charge < -0.3 is 15.4 Å². The first-order valence-corrected chi connectivity index (χ1v) is 9.36. The molecule has 2 N–H and O–H groups in total. The van der Waals surface area contributed by atoms with Crippen LogP contribution < -0.4 is 10.5 Å². The summed E-state index contributed by atoms with van der Waals surface area (Å²) in [6, 6.07) is 7.63. The normalized spacial score (nSPS) is 14.8. The highest BCUT2D eigenvalue weighted by Gasteiger charge is 2.25. The standard InChI is InChI=1S/C19H19BrFN3O3/c20-13-1-2-15(16(21)9-13)19(26)24-7-4-12(5-8-24)11-27-14-3-6-23-17(10-14)18(22)25/h1-3,6,9-10,12H,4-5,7-8,11H2,(H2,22,25). The van der Waals surface area contributed by atoms with Crippen molar-refractivity contribution in [1.82, 2.24) is 9.88 Å². The smallest absolute Gasteiger partial charge is 0.267 e. The summed E-state index contributed by atoms with van der Waals surface area (Å²) in [6.07, 6.45) is 3.00. The number of benzene rings is 1. The number of ether oxygens (including phenoxy) is 1. The molecular formula is C19H19BrFN3O3. The molecule has 1 aromatic carbocycles. The monoisotopic (exact) mass is 435 g/mol. The zero-order valence-electron chi connectivity index (χ0n) is 14.5. The van der Waals surface area contributed by atoms with Crippen LogP contribution in [0.4, 0.5) is 4.39 Å². The molecule has 2 heterocycles. The van der Waals surface area contributed by atoms with Crippen LogP contribution in [0.1, 0.15) is 33.7 Å². The van der Waals surface area contributed by atoms with Gasteiger partial charge in [-0.15, -0.1) is 0 Å². The number of piperidine rings is 1. The summed E-state index contributed by atoms with van der Waals surface area (Å²) in [6.45, 7) is 1.56. The molecule has 27 heavy (non-hydrogen) atoms. The van der Waals surface area contributed by atoms with Gasteiger partial charge in [0.15, 0.2) is 0 Å². The molecule has 0 saturated carbocycles. The minimum atomic E-state index is -0.604. The third-order valence-electron chi connectivity index (χ3n) is 4.53. The lowest BCUT2D eigenvalue weighted by atomic mass is 9.97. The molecule has 0 unspecified atom stereocenters. The van der Waals surface area contributed by atoms with Crippen LogP contribution >= 0.6 is 15.9 Å². The van der Waals surface area contributed by atoms with Gasteiger partial charge in [0, 0.05) is 29.8 Å². The lowest BCUT2D eigenvalue weighted by molar-refractivity contribution is 0.0656. The van der Waals surface area contributed by atoms with E-state index in [0.717, 1.165) is 12.8 Å². The van der Waals surface area contributed by atoms with Crippen LogP contribution in [0.25, 0.3) is 0 Å². The first-order valence-electron chi connectivity index (χ1n) is 8.57. The zero-order chi connectivity index (χ0) is 19.4. The highest BCUT2D eigenvalue weighted by molar-refractivity contribution is 9.10. The van der Waals surface area contributed by atoms with E-state index in [1.54, 1.807) is 17.0 Å². The average Bonchev–Trinajstić information content (AvgIpc) is 2.66. The maximum atomic E-state index is 14.0. The van der Waals surface area contributed by atoms with Gasteiger partial charge in [-0.05, 0) is 43.0 Å². The molecule has 0 bridgehead atoms. The number of primary amides is 1. The van der Waals surface area contributed by atoms with Crippen LogP contribution in [-0.4, -0.2) is 41.4 Å². The minimum absolute atomic E-state index is 0.0867. The second-order valence-corrected chi connectivity index (χ2v) is 7.33. The molecule has 2 aromatic rings. The predicted molar refractivity (Wildman–Crippen MR) is 101 cm³/mol. The van der Waals surface area contributed by atoms with E-state index < -0.39 is 11.7 Å². The van der Waals surface area contributed by atoms with Gasteiger partial charge in [0.25, 0.3) is 11.8 Å². The maximum absolute atomic E-state index is 14.0. The molecule has 0 spiro atoms. The van der Waals surface area contributed by atoms with E-state index in [1.807, 2.05) is 0 Å². The van der Waals surface area contributed by atoms with Crippen molar-refractivity contribution in [3.8, 4) is 5.75 Å². The van der Waals surface area contributed by atoms with E-state index >= 15 is 0 Å². The van der Waals surface area contributed by atoms with Gasteiger partial charge in [0.2, 0.25) is 0 Å². The maximum Gasteiger partial charge on any atom is 0.267 e. The van der Waals surface area contributed by atoms with E-state index in [2.05, 4.69) is 20.9 Å². The fraction of sp³-hybridized carbons (Fsp3) is 0.316. The first kappa shape index (κ1) is 19.3. The molecule has 1 fully saturated rings. The fourth-order valence-corrected chi connectivity index (χ4v) is 3.32. The Balaban J connectivity index is 1.52. The molecule has 0 atom stereocenters. The number of nitrogens with two attached hydrogens (primary N) is 1. The summed E-state index contributed by atoms with van der Waals surface area (Å²) in [5.41, 5.74) is 5.45. The molecule has 8 heteroatoms. The van der Waals surface area contributed by atoms with Gasteiger partial charge in [-0.25, -0.2) is 4.39 Å². The van der Waals surface area contributed by atoms with Crippen LogP contribution in [0.15, 0.2) is 41.0 Å². The Labute approximate surface area is 164 Å².